The molecule has 2 aromatic rings. The van der Waals surface area contributed by atoms with Crippen molar-refractivity contribution in [2.75, 3.05) is 0 Å². The van der Waals surface area contributed by atoms with E-state index in [4.69, 9.17) is 5.73 Å². The summed E-state index contributed by atoms with van der Waals surface area (Å²) in [6, 6.07) is 5.14. The highest BCUT2D eigenvalue weighted by Crippen LogP contribution is 2.23. The fraction of sp³-hybridized carbons (Fsp3) is 0.154. The first-order valence-electron chi connectivity index (χ1n) is 5.20. The van der Waals surface area contributed by atoms with E-state index in [0.717, 1.165) is 6.07 Å². The molecule has 0 saturated heterocycles. The molecule has 0 aliphatic rings. The molecule has 0 aliphatic carbocycles. The largest absolute Gasteiger partial charge is 0.320 e. The first-order valence-corrected chi connectivity index (χ1v) is 5.20. The van der Waals surface area contributed by atoms with Crippen molar-refractivity contribution in [1.82, 2.24) is 4.98 Å². The molecule has 0 aliphatic heterocycles. The van der Waals surface area contributed by atoms with Crippen LogP contribution in [0.5, 0.6) is 0 Å². The number of pyridine rings is 1. The van der Waals surface area contributed by atoms with E-state index in [9.17, 15) is 8.78 Å². The van der Waals surface area contributed by atoms with Crippen LogP contribution in [-0.4, -0.2) is 4.98 Å². The van der Waals surface area contributed by atoms with Gasteiger partial charge in [0.05, 0.1) is 6.04 Å². The molecule has 0 fully saturated rings. The monoisotopic (exact) mass is 234 g/mol. The minimum Gasteiger partial charge on any atom is -0.320 e. The Morgan fingerprint density at radius 2 is 2.00 bits per heavy atom. The van der Waals surface area contributed by atoms with Gasteiger partial charge in [0.1, 0.15) is 11.6 Å². The van der Waals surface area contributed by atoms with Crippen molar-refractivity contribution in [1.29, 1.82) is 0 Å². The zero-order valence-corrected chi connectivity index (χ0v) is 9.32. The Balaban J connectivity index is 2.44. The summed E-state index contributed by atoms with van der Waals surface area (Å²) in [4.78, 5) is 3.92. The molecule has 1 unspecified atom stereocenters. The number of benzene rings is 1. The lowest BCUT2D eigenvalue weighted by Gasteiger charge is -2.14. The van der Waals surface area contributed by atoms with Crippen molar-refractivity contribution >= 4 is 0 Å². The molecule has 88 valence electrons. The summed E-state index contributed by atoms with van der Waals surface area (Å²) in [6.45, 7) is 1.58. The van der Waals surface area contributed by atoms with Gasteiger partial charge in [0.15, 0.2) is 0 Å². The fourth-order valence-corrected chi connectivity index (χ4v) is 1.66. The van der Waals surface area contributed by atoms with Crippen LogP contribution in [0.15, 0.2) is 36.7 Å². The van der Waals surface area contributed by atoms with Gasteiger partial charge in [-0.2, -0.15) is 0 Å². The van der Waals surface area contributed by atoms with Crippen molar-refractivity contribution < 1.29 is 8.78 Å². The van der Waals surface area contributed by atoms with Gasteiger partial charge in [-0.25, -0.2) is 8.78 Å². The molecule has 0 spiro atoms. The molecule has 0 saturated carbocycles. The standard InChI is InChI=1S/C13H12F2N2/c1-8-5-10(12(15)6-11(8)14)13(16)9-3-2-4-17-7-9/h2-7,13H,16H2,1H3. The van der Waals surface area contributed by atoms with Gasteiger partial charge in [-0.3, -0.25) is 4.98 Å². The topological polar surface area (TPSA) is 38.9 Å². The second-order valence-corrected chi connectivity index (χ2v) is 3.89. The first kappa shape index (κ1) is 11.7. The average Bonchev–Trinajstić information content (AvgIpc) is 2.34. The van der Waals surface area contributed by atoms with E-state index in [2.05, 4.69) is 4.98 Å². The van der Waals surface area contributed by atoms with Crippen LogP contribution in [0.3, 0.4) is 0 Å². The molecule has 2 N–H and O–H groups in total. The summed E-state index contributed by atoms with van der Waals surface area (Å²) in [6.07, 6.45) is 3.19. The molecule has 4 heteroatoms. The Morgan fingerprint density at radius 1 is 1.24 bits per heavy atom. The number of nitrogens with two attached hydrogens (primary N) is 1. The predicted octanol–water partition coefficient (Wildman–Crippen LogP) is 2.72. The maximum Gasteiger partial charge on any atom is 0.131 e. The third-order valence-corrected chi connectivity index (χ3v) is 2.66. The third-order valence-electron chi connectivity index (χ3n) is 2.66. The number of nitrogens with zero attached hydrogens (tertiary/aromatic N) is 1. The summed E-state index contributed by atoms with van der Waals surface area (Å²) in [5.74, 6) is -1.20. The maximum atomic E-state index is 13.6. The Labute approximate surface area is 98.1 Å². The van der Waals surface area contributed by atoms with Crippen molar-refractivity contribution in [3.05, 3.63) is 65.0 Å². The van der Waals surface area contributed by atoms with Gasteiger partial charge in [0, 0.05) is 24.0 Å². The van der Waals surface area contributed by atoms with E-state index < -0.39 is 17.7 Å². The number of aromatic nitrogens is 1. The molecule has 0 amide bonds. The van der Waals surface area contributed by atoms with Gasteiger partial charge in [0.25, 0.3) is 0 Å². The molecular formula is C13H12F2N2. The molecule has 2 nitrogen and oxygen atoms in total. The molecule has 1 aromatic carbocycles. The fourth-order valence-electron chi connectivity index (χ4n) is 1.66. The predicted molar refractivity (Wildman–Crippen MR) is 61.4 cm³/mol. The Kier molecular flexibility index (Phi) is 3.15. The lowest BCUT2D eigenvalue weighted by atomic mass is 9.99. The van der Waals surface area contributed by atoms with E-state index in [1.165, 1.54) is 6.07 Å². The highest BCUT2D eigenvalue weighted by molar-refractivity contribution is 5.34. The SMILES string of the molecule is Cc1cc(C(N)c2cccnc2)c(F)cc1F. The van der Waals surface area contributed by atoms with Crippen molar-refractivity contribution in [2.45, 2.75) is 13.0 Å². The second kappa shape index (κ2) is 4.59. The van der Waals surface area contributed by atoms with Crippen LogP contribution in [0.1, 0.15) is 22.7 Å². The van der Waals surface area contributed by atoms with Crippen LogP contribution >= 0.6 is 0 Å². The minimum absolute atomic E-state index is 0.275. The molecular weight excluding hydrogens is 222 g/mol. The normalized spacial score (nSPS) is 12.5. The number of halogens is 2. The number of hydrogen-bond donors (Lipinski definition) is 1. The Bertz CT molecular complexity index is 526. The van der Waals surface area contributed by atoms with E-state index in [1.54, 1.807) is 31.5 Å². The Morgan fingerprint density at radius 3 is 2.65 bits per heavy atom. The van der Waals surface area contributed by atoms with Gasteiger partial charge < -0.3 is 5.73 Å². The van der Waals surface area contributed by atoms with Gasteiger partial charge >= 0.3 is 0 Å². The molecule has 1 atom stereocenters. The summed E-state index contributed by atoms with van der Waals surface area (Å²) >= 11 is 0. The zero-order chi connectivity index (χ0) is 12.4. The lowest BCUT2D eigenvalue weighted by Crippen LogP contribution is -2.14. The first-order chi connectivity index (χ1) is 8.09. The minimum atomic E-state index is -0.636. The molecule has 17 heavy (non-hydrogen) atoms. The summed E-state index contributed by atoms with van der Waals surface area (Å²) in [7, 11) is 0. The van der Waals surface area contributed by atoms with Crippen molar-refractivity contribution in [3.63, 3.8) is 0 Å². The van der Waals surface area contributed by atoms with Crippen LogP contribution < -0.4 is 5.73 Å². The van der Waals surface area contributed by atoms with Gasteiger partial charge in [-0.05, 0) is 30.2 Å². The van der Waals surface area contributed by atoms with Crippen LogP contribution in [0, 0.1) is 18.6 Å². The van der Waals surface area contributed by atoms with Gasteiger partial charge in [0.2, 0.25) is 0 Å². The summed E-state index contributed by atoms with van der Waals surface area (Å²) < 4.78 is 26.8. The van der Waals surface area contributed by atoms with Crippen LogP contribution in [0.2, 0.25) is 0 Å². The molecule has 0 bridgehead atoms. The quantitative estimate of drug-likeness (QED) is 0.867. The van der Waals surface area contributed by atoms with E-state index in [-0.39, 0.29) is 5.56 Å². The lowest BCUT2D eigenvalue weighted by molar-refractivity contribution is 0.560. The van der Waals surface area contributed by atoms with Crippen LogP contribution in [0.25, 0.3) is 0 Å². The van der Waals surface area contributed by atoms with E-state index in [1.807, 2.05) is 0 Å². The van der Waals surface area contributed by atoms with E-state index >= 15 is 0 Å². The Hall–Kier alpha value is -1.81. The molecule has 2 rings (SSSR count). The number of hydrogen-bond acceptors (Lipinski definition) is 2. The number of rotatable bonds is 2. The molecule has 0 radical (unpaired) electrons. The third kappa shape index (κ3) is 2.31. The van der Waals surface area contributed by atoms with Crippen molar-refractivity contribution in [3.8, 4) is 0 Å². The maximum absolute atomic E-state index is 13.6. The van der Waals surface area contributed by atoms with Gasteiger partial charge in [-0.1, -0.05) is 6.07 Å². The smallest absolute Gasteiger partial charge is 0.131 e. The highest BCUT2D eigenvalue weighted by Gasteiger charge is 2.15. The van der Waals surface area contributed by atoms with Crippen LogP contribution in [0.4, 0.5) is 8.78 Å². The van der Waals surface area contributed by atoms with Crippen molar-refractivity contribution in [2.24, 2.45) is 5.73 Å². The molecule has 1 aromatic heterocycles. The van der Waals surface area contributed by atoms with E-state index in [0.29, 0.717) is 11.1 Å². The summed E-state index contributed by atoms with van der Waals surface area (Å²) in [5, 5.41) is 0. The summed E-state index contributed by atoms with van der Waals surface area (Å²) in [5.41, 5.74) is 7.28. The highest BCUT2D eigenvalue weighted by atomic mass is 19.1. The molecule has 1 heterocycles. The average molecular weight is 234 g/mol. The van der Waals surface area contributed by atoms with Gasteiger partial charge in [-0.15, -0.1) is 0 Å². The number of aryl methyl sites for hydroxylation is 1. The second-order valence-electron chi connectivity index (χ2n) is 3.89. The zero-order valence-electron chi connectivity index (χ0n) is 9.32. The van der Waals surface area contributed by atoms with Crippen LogP contribution in [-0.2, 0) is 0 Å².